The molecular weight excluding hydrogens is 234 g/mol. The van der Waals surface area contributed by atoms with Gasteiger partial charge in [0.1, 0.15) is 6.04 Å². The summed E-state index contributed by atoms with van der Waals surface area (Å²) in [6, 6.07) is -0.851. The van der Waals surface area contributed by atoms with Gasteiger partial charge in [0.25, 0.3) is 5.97 Å². The third-order valence-electron chi connectivity index (χ3n) is 1.31. The molecule has 0 radical (unpaired) electrons. The van der Waals surface area contributed by atoms with E-state index in [1.165, 1.54) is 6.33 Å². The Bertz CT molecular complexity index is 309. The lowest BCUT2D eigenvalue weighted by molar-refractivity contribution is -0.138. The van der Waals surface area contributed by atoms with Gasteiger partial charge in [0.2, 0.25) is 0 Å². The van der Waals surface area contributed by atoms with Crippen molar-refractivity contribution in [2.45, 2.75) is 19.4 Å². The zero-order valence-electron chi connectivity index (χ0n) is 9.17. The molecule has 0 aromatic carbocycles. The van der Waals surface area contributed by atoms with Gasteiger partial charge in [-0.3, -0.25) is 9.59 Å². The number of rotatable bonds is 3. The molecule has 0 amide bonds. The highest BCUT2D eigenvalue weighted by Gasteiger charge is 2.11. The zero-order chi connectivity index (χ0) is 11.8. The second-order valence-electron chi connectivity index (χ2n) is 2.74. The summed E-state index contributed by atoms with van der Waals surface area (Å²) in [4.78, 5) is 25.8. The van der Waals surface area contributed by atoms with E-state index in [9.17, 15) is 4.79 Å². The van der Waals surface area contributed by atoms with Crippen molar-refractivity contribution in [3.8, 4) is 0 Å². The van der Waals surface area contributed by atoms with Gasteiger partial charge in [-0.2, -0.15) is 0 Å². The minimum atomic E-state index is -1.00. The number of hydrogen-bond donors (Lipinski definition) is 4. The van der Waals surface area contributed by atoms with Crippen molar-refractivity contribution in [1.82, 2.24) is 9.97 Å². The van der Waals surface area contributed by atoms with Crippen LogP contribution >= 0.6 is 0 Å². The second-order valence-corrected chi connectivity index (χ2v) is 2.74. The quantitative estimate of drug-likeness (QED) is 0.470. The normalized spacial score (nSPS) is 9.76. The SMILES string of the molecule is CC(=O)O.N[C@@H](Cc1cnc[nH]1)C(=O)O.O.O. The molecule has 0 fully saturated rings. The van der Waals surface area contributed by atoms with Crippen LogP contribution in [0.25, 0.3) is 0 Å². The summed E-state index contributed by atoms with van der Waals surface area (Å²) in [5.74, 6) is -1.83. The van der Waals surface area contributed by atoms with Gasteiger partial charge in [-0.05, 0) is 0 Å². The molecule has 1 heterocycles. The van der Waals surface area contributed by atoms with E-state index in [0.29, 0.717) is 0 Å². The van der Waals surface area contributed by atoms with Crippen molar-refractivity contribution in [3.63, 3.8) is 0 Å². The Morgan fingerprint density at radius 3 is 2.24 bits per heavy atom. The highest BCUT2D eigenvalue weighted by Crippen LogP contribution is 1.95. The van der Waals surface area contributed by atoms with Gasteiger partial charge in [0.15, 0.2) is 0 Å². The summed E-state index contributed by atoms with van der Waals surface area (Å²) in [5, 5.41) is 15.8. The number of carbonyl (C=O) groups is 2. The molecule has 0 aliphatic heterocycles. The maximum absolute atomic E-state index is 10.3. The van der Waals surface area contributed by atoms with E-state index < -0.39 is 18.0 Å². The van der Waals surface area contributed by atoms with Crippen LogP contribution in [0.2, 0.25) is 0 Å². The summed E-state index contributed by atoms with van der Waals surface area (Å²) in [7, 11) is 0. The Hall–Kier alpha value is -1.97. The molecule has 0 aliphatic carbocycles. The first-order valence-electron chi connectivity index (χ1n) is 4.08. The Morgan fingerprint density at radius 2 is 1.94 bits per heavy atom. The first-order chi connectivity index (χ1) is 6.93. The molecule has 9 N–H and O–H groups in total. The first-order valence-corrected chi connectivity index (χ1v) is 4.08. The monoisotopic (exact) mass is 251 g/mol. The third kappa shape index (κ3) is 12.0. The predicted molar refractivity (Wildman–Crippen MR) is 58.4 cm³/mol. The van der Waals surface area contributed by atoms with Gasteiger partial charge in [0.05, 0.1) is 6.33 Å². The fourth-order valence-electron chi connectivity index (χ4n) is 0.721. The lowest BCUT2D eigenvalue weighted by Crippen LogP contribution is -2.32. The molecule has 0 aliphatic rings. The lowest BCUT2D eigenvalue weighted by Gasteiger charge is -2.02. The largest absolute Gasteiger partial charge is 0.481 e. The molecule has 1 atom stereocenters. The number of aliphatic carboxylic acids is 2. The van der Waals surface area contributed by atoms with Crippen molar-refractivity contribution >= 4 is 11.9 Å². The molecule has 17 heavy (non-hydrogen) atoms. The molecular formula is C8H17N3O6. The fraction of sp³-hybridized carbons (Fsp3) is 0.375. The average Bonchev–Trinajstić information content (AvgIpc) is 2.55. The van der Waals surface area contributed by atoms with Gasteiger partial charge in [-0.25, -0.2) is 4.98 Å². The van der Waals surface area contributed by atoms with E-state index in [0.717, 1.165) is 12.6 Å². The average molecular weight is 251 g/mol. The third-order valence-corrected chi connectivity index (χ3v) is 1.31. The molecule has 100 valence electrons. The van der Waals surface area contributed by atoms with E-state index in [4.69, 9.17) is 20.7 Å². The van der Waals surface area contributed by atoms with E-state index in [2.05, 4.69) is 9.97 Å². The van der Waals surface area contributed by atoms with Crippen LogP contribution in [0.5, 0.6) is 0 Å². The van der Waals surface area contributed by atoms with E-state index in [1.54, 1.807) is 6.20 Å². The van der Waals surface area contributed by atoms with E-state index in [1.807, 2.05) is 0 Å². The van der Waals surface area contributed by atoms with Crippen molar-refractivity contribution in [2.75, 3.05) is 0 Å². The van der Waals surface area contributed by atoms with Crippen LogP contribution in [0.3, 0.4) is 0 Å². The first kappa shape index (κ1) is 20.4. The summed E-state index contributed by atoms with van der Waals surface area (Å²) >= 11 is 0. The summed E-state index contributed by atoms with van der Waals surface area (Å²) < 4.78 is 0. The van der Waals surface area contributed by atoms with E-state index >= 15 is 0 Å². The molecule has 0 saturated heterocycles. The van der Waals surface area contributed by atoms with Crippen LogP contribution in [0.4, 0.5) is 0 Å². The highest BCUT2D eigenvalue weighted by molar-refractivity contribution is 5.73. The summed E-state index contributed by atoms with van der Waals surface area (Å²) in [5.41, 5.74) is 6.00. The molecule has 0 saturated carbocycles. The Kier molecular flexibility index (Phi) is 12.7. The summed E-state index contributed by atoms with van der Waals surface area (Å²) in [6.45, 7) is 1.08. The second kappa shape index (κ2) is 10.5. The number of carboxylic acid groups (broad SMARTS) is 2. The highest BCUT2D eigenvalue weighted by atomic mass is 16.4. The van der Waals surface area contributed by atoms with Gasteiger partial charge >= 0.3 is 5.97 Å². The topological polar surface area (TPSA) is 192 Å². The number of aromatic amines is 1. The Balaban J connectivity index is -0.000000289. The van der Waals surface area contributed by atoms with Crippen LogP contribution in [-0.4, -0.2) is 49.1 Å². The van der Waals surface area contributed by atoms with Crippen molar-refractivity contribution in [1.29, 1.82) is 0 Å². The number of H-pyrrole nitrogens is 1. The Labute approximate surface area is 96.9 Å². The fourth-order valence-corrected chi connectivity index (χ4v) is 0.721. The van der Waals surface area contributed by atoms with Crippen LogP contribution in [0, 0.1) is 0 Å². The standard InChI is InChI=1S/C6H9N3O2.C2H4O2.2H2O/c7-5(6(10)11)1-4-2-8-3-9-4;1-2(3)4;;/h2-3,5H,1,7H2,(H,8,9)(H,10,11);1H3,(H,3,4);2*1H2/t5-;;;/m0.../s1. The number of aromatic nitrogens is 2. The van der Waals surface area contributed by atoms with Crippen molar-refractivity contribution < 1.29 is 30.8 Å². The number of carboxylic acids is 2. The number of hydrogen-bond acceptors (Lipinski definition) is 4. The summed E-state index contributed by atoms with van der Waals surface area (Å²) in [6.07, 6.45) is 3.34. The number of nitrogens with zero attached hydrogens (tertiary/aromatic N) is 1. The number of imidazole rings is 1. The van der Waals surface area contributed by atoms with Crippen LogP contribution in [0.1, 0.15) is 12.6 Å². The van der Waals surface area contributed by atoms with E-state index in [-0.39, 0.29) is 17.4 Å². The molecule has 1 aromatic heterocycles. The molecule has 0 unspecified atom stereocenters. The molecule has 9 heteroatoms. The number of nitrogens with one attached hydrogen (secondary N) is 1. The molecule has 1 aromatic rings. The van der Waals surface area contributed by atoms with Crippen molar-refractivity contribution in [3.05, 3.63) is 18.2 Å². The Morgan fingerprint density at radius 1 is 1.47 bits per heavy atom. The lowest BCUT2D eigenvalue weighted by atomic mass is 10.2. The van der Waals surface area contributed by atoms with Gasteiger partial charge in [-0.1, -0.05) is 0 Å². The smallest absolute Gasteiger partial charge is 0.320 e. The van der Waals surface area contributed by atoms with Crippen LogP contribution in [-0.2, 0) is 16.0 Å². The minimum absolute atomic E-state index is 0. The molecule has 0 spiro atoms. The van der Waals surface area contributed by atoms with Crippen LogP contribution < -0.4 is 5.73 Å². The van der Waals surface area contributed by atoms with Crippen molar-refractivity contribution in [2.24, 2.45) is 5.73 Å². The van der Waals surface area contributed by atoms with Gasteiger partial charge in [0, 0.05) is 25.2 Å². The molecule has 9 nitrogen and oxygen atoms in total. The minimum Gasteiger partial charge on any atom is -0.481 e. The molecule has 1 rings (SSSR count). The van der Waals surface area contributed by atoms with Gasteiger partial charge in [-0.15, -0.1) is 0 Å². The zero-order valence-corrected chi connectivity index (χ0v) is 9.17. The number of nitrogens with two attached hydrogens (primary N) is 1. The van der Waals surface area contributed by atoms with Crippen LogP contribution in [0.15, 0.2) is 12.5 Å². The molecule has 0 bridgehead atoms. The maximum atomic E-state index is 10.3. The predicted octanol–water partition coefficient (Wildman–Crippen LogP) is -2.19. The maximum Gasteiger partial charge on any atom is 0.320 e. The van der Waals surface area contributed by atoms with Gasteiger partial charge < -0.3 is 31.9 Å².